The molecule has 0 aliphatic carbocycles. The van der Waals surface area contributed by atoms with Gasteiger partial charge in [-0.1, -0.05) is 42.1 Å². The molecular weight excluding hydrogens is 430 g/mol. The van der Waals surface area contributed by atoms with E-state index in [9.17, 15) is 4.79 Å². The first-order valence-electron chi connectivity index (χ1n) is 11.3. The first-order chi connectivity index (χ1) is 15.9. The minimum absolute atomic E-state index is 0.0476. The van der Waals surface area contributed by atoms with Crippen molar-refractivity contribution in [1.29, 1.82) is 0 Å². The summed E-state index contributed by atoms with van der Waals surface area (Å²) >= 11 is 1.37. The van der Waals surface area contributed by atoms with E-state index < -0.39 is 0 Å². The summed E-state index contributed by atoms with van der Waals surface area (Å²) < 4.78 is 0. The van der Waals surface area contributed by atoms with Gasteiger partial charge in [0, 0.05) is 43.8 Å². The number of nitrogens with zero attached hydrogens (tertiary/aromatic N) is 4. The Hall–Kier alpha value is -3.06. The van der Waals surface area contributed by atoms with Gasteiger partial charge >= 0.3 is 0 Å². The second kappa shape index (κ2) is 10.3. The van der Waals surface area contributed by atoms with E-state index in [1.807, 2.05) is 38.1 Å². The van der Waals surface area contributed by atoms with Crippen molar-refractivity contribution in [1.82, 2.24) is 9.97 Å². The molecule has 1 aliphatic heterocycles. The molecule has 172 valence electrons. The third-order valence-electron chi connectivity index (χ3n) is 6.01. The zero-order valence-corrected chi connectivity index (χ0v) is 20.6. The molecule has 0 atom stereocenters. The molecular formula is C26H31N5OS. The summed E-state index contributed by atoms with van der Waals surface area (Å²) in [6.07, 6.45) is 1.78. The van der Waals surface area contributed by atoms with Gasteiger partial charge in [-0.15, -0.1) is 0 Å². The minimum atomic E-state index is -0.0476. The first-order valence-corrected chi connectivity index (χ1v) is 12.3. The van der Waals surface area contributed by atoms with Crippen LogP contribution >= 0.6 is 11.8 Å². The molecule has 4 rings (SSSR count). The summed E-state index contributed by atoms with van der Waals surface area (Å²) in [6.45, 7) is 12.0. The van der Waals surface area contributed by atoms with E-state index in [2.05, 4.69) is 52.1 Å². The number of carbonyl (C=O) groups excluding carboxylic acids is 1. The maximum absolute atomic E-state index is 12.5. The van der Waals surface area contributed by atoms with Crippen molar-refractivity contribution in [2.24, 2.45) is 0 Å². The Morgan fingerprint density at radius 1 is 0.939 bits per heavy atom. The molecule has 0 saturated carbocycles. The highest BCUT2D eigenvalue weighted by Gasteiger charge is 2.20. The van der Waals surface area contributed by atoms with E-state index in [1.165, 1.54) is 28.6 Å². The van der Waals surface area contributed by atoms with Crippen LogP contribution in [0.5, 0.6) is 0 Å². The SMILES string of the molecule is Cc1ccc(C)c(N2CCN(c3ccnc(SCC(=O)Nc4c(C)cccc4C)n3)CC2)c1. The van der Waals surface area contributed by atoms with Gasteiger partial charge in [-0.2, -0.15) is 0 Å². The largest absolute Gasteiger partial charge is 0.368 e. The van der Waals surface area contributed by atoms with Gasteiger partial charge in [0.1, 0.15) is 5.82 Å². The zero-order valence-electron chi connectivity index (χ0n) is 19.8. The lowest BCUT2D eigenvalue weighted by atomic mass is 10.1. The van der Waals surface area contributed by atoms with Crippen LogP contribution in [0.2, 0.25) is 0 Å². The Morgan fingerprint density at radius 2 is 1.64 bits per heavy atom. The van der Waals surface area contributed by atoms with Crippen molar-refractivity contribution in [2.45, 2.75) is 32.9 Å². The molecule has 0 radical (unpaired) electrons. The molecule has 1 amide bonds. The fourth-order valence-corrected chi connectivity index (χ4v) is 4.76. The second-order valence-corrected chi connectivity index (χ2v) is 9.51. The van der Waals surface area contributed by atoms with Gasteiger partial charge in [0.2, 0.25) is 5.91 Å². The molecule has 0 unspecified atom stereocenters. The highest BCUT2D eigenvalue weighted by molar-refractivity contribution is 7.99. The Balaban J connectivity index is 1.34. The van der Waals surface area contributed by atoms with E-state index in [1.54, 1.807) is 6.20 Å². The number of anilines is 3. The Kier molecular flexibility index (Phi) is 7.18. The molecule has 0 spiro atoms. The molecule has 1 N–H and O–H groups in total. The molecule has 0 bridgehead atoms. The van der Waals surface area contributed by atoms with E-state index in [0.717, 1.165) is 48.8 Å². The van der Waals surface area contributed by atoms with Crippen LogP contribution in [0, 0.1) is 27.7 Å². The van der Waals surface area contributed by atoms with E-state index in [-0.39, 0.29) is 11.7 Å². The lowest BCUT2D eigenvalue weighted by molar-refractivity contribution is -0.113. The molecule has 3 aromatic rings. The summed E-state index contributed by atoms with van der Waals surface area (Å²) in [5.74, 6) is 1.15. The Labute approximate surface area is 200 Å². The third-order valence-corrected chi connectivity index (χ3v) is 6.87. The number of nitrogens with one attached hydrogen (secondary N) is 1. The fraction of sp³-hybridized carbons (Fsp3) is 0.346. The molecule has 33 heavy (non-hydrogen) atoms. The number of piperazine rings is 1. The molecule has 2 heterocycles. The van der Waals surface area contributed by atoms with Crippen LogP contribution in [-0.2, 0) is 4.79 Å². The van der Waals surface area contributed by atoms with Crippen molar-refractivity contribution in [3.05, 3.63) is 70.9 Å². The fourth-order valence-electron chi connectivity index (χ4n) is 4.13. The number of benzene rings is 2. The maximum Gasteiger partial charge on any atom is 0.234 e. The quantitative estimate of drug-likeness (QED) is 0.422. The van der Waals surface area contributed by atoms with Gasteiger partial charge in [-0.3, -0.25) is 4.79 Å². The topological polar surface area (TPSA) is 61.4 Å². The lowest BCUT2D eigenvalue weighted by Gasteiger charge is -2.37. The highest BCUT2D eigenvalue weighted by atomic mass is 32.2. The van der Waals surface area contributed by atoms with E-state index in [0.29, 0.717) is 5.16 Å². The van der Waals surface area contributed by atoms with Gasteiger partial charge in [0.15, 0.2) is 5.16 Å². The second-order valence-electron chi connectivity index (χ2n) is 8.57. The van der Waals surface area contributed by atoms with Crippen molar-refractivity contribution in [3.8, 4) is 0 Å². The van der Waals surface area contributed by atoms with Gasteiger partial charge < -0.3 is 15.1 Å². The number of aromatic nitrogens is 2. The van der Waals surface area contributed by atoms with Crippen molar-refractivity contribution >= 4 is 34.9 Å². The van der Waals surface area contributed by atoms with Crippen LogP contribution < -0.4 is 15.1 Å². The number of aryl methyl sites for hydroxylation is 4. The molecule has 7 heteroatoms. The van der Waals surface area contributed by atoms with Gasteiger partial charge in [-0.05, 0) is 62.1 Å². The molecule has 6 nitrogen and oxygen atoms in total. The van der Waals surface area contributed by atoms with E-state index in [4.69, 9.17) is 4.98 Å². The number of carbonyl (C=O) groups is 1. The monoisotopic (exact) mass is 461 g/mol. The van der Waals surface area contributed by atoms with Crippen LogP contribution in [0.1, 0.15) is 22.3 Å². The maximum atomic E-state index is 12.5. The summed E-state index contributed by atoms with van der Waals surface area (Å²) in [5, 5.41) is 3.65. The lowest BCUT2D eigenvalue weighted by Crippen LogP contribution is -2.47. The van der Waals surface area contributed by atoms with Gasteiger partial charge in [0.25, 0.3) is 0 Å². The van der Waals surface area contributed by atoms with Gasteiger partial charge in [0.05, 0.1) is 5.75 Å². The number of para-hydroxylation sites is 1. The van der Waals surface area contributed by atoms with E-state index >= 15 is 0 Å². The highest BCUT2D eigenvalue weighted by Crippen LogP contribution is 2.25. The smallest absolute Gasteiger partial charge is 0.234 e. The van der Waals surface area contributed by atoms with Crippen LogP contribution in [0.3, 0.4) is 0 Å². The molecule has 2 aromatic carbocycles. The Bertz CT molecular complexity index is 1120. The molecule has 1 fully saturated rings. The van der Waals surface area contributed by atoms with Crippen LogP contribution in [0.25, 0.3) is 0 Å². The molecule has 1 saturated heterocycles. The van der Waals surface area contributed by atoms with Crippen LogP contribution in [0.4, 0.5) is 17.2 Å². The summed E-state index contributed by atoms with van der Waals surface area (Å²) in [5.41, 5.74) is 6.94. The average molecular weight is 462 g/mol. The number of rotatable bonds is 6. The molecule has 1 aliphatic rings. The zero-order chi connectivity index (χ0) is 23.4. The summed E-state index contributed by atoms with van der Waals surface area (Å²) in [7, 11) is 0. The predicted octanol–water partition coefficient (Wildman–Crippen LogP) is 4.77. The number of thioether (sulfide) groups is 1. The Morgan fingerprint density at radius 3 is 2.36 bits per heavy atom. The first kappa shape index (κ1) is 23.1. The third kappa shape index (κ3) is 5.66. The minimum Gasteiger partial charge on any atom is -0.368 e. The van der Waals surface area contributed by atoms with Gasteiger partial charge in [-0.25, -0.2) is 9.97 Å². The summed E-state index contributed by atoms with van der Waals surface area (Å²) in [4.78, 5) is 26.3. The van der Waals surface area contributed by atoms with Crippen LogP contribution in [-0.4, -0.2) is 47.8 Å². The normalized spacial score (nSPS) is 13.8. The number of amides is 1. The van der Waals surface area contributed by atoms with Crippen molar-refractivity contribution in [2.75, 3.05) is 47.0 Å². The molecule has 1 aromatic heterocycles. The summed E-state index contributed by atoms with van der Waals surface area (Å²) in [6, 6.07) is 14.6. The predicted molar refractivity (Wildman–Crippen MR) is 138 cm³/mol. The number of hydrogen-bond donors (Lipinski definition) is 1. The van der Waals surface area contributed by atoms with Crippen LogP contribution in [0.15, 0.2) is 53.8 Å². The standard InChI is InChI=1S/C26H31N5OS/c1-18-8-9-19(2)22(16-18)30-12-14-31(15-13-30)23-10-11-27-26(28-23)33-17-24(32)29-25-20(3)6-5-7-21(25)4/h5-11,16H,12-15,17H2,1-4H3,(H,29,32). The van der Waals surface area contributed by atoms with Crippen molar-refractivity contribution in [3.63, 3.8) is 0 Å². The van der Waals surface area contributed by atoms with Crippen molar-refractivity contribution < 1.29 is 4.79 Å². The average Bonchev–Trinajstić information content (AvgIpc) is 2.82. The number of hydrogen-bond acceptors (Lipinski definition) is 6.